The number of nitrogens with zero attached hydrogens (tertiary/aromatic N) is 2. The molecular formula is C19H26N2O4. The van der Waals surface area contributed by atoms with Crippen molar-refractivity contribution < 1.29 is 18.8 Å². The van der Waals surface area contributed by atoms with Crippen molar-refractivity contribution in [2.24, 2.45) is 5.92 Å². The molecule has 4 aliphatic rings. The van der Waals surface area contributed by atoms with Crippen molar-refractivity contribution in [2.75, 3.05) is 26.3 Å². The molecule has 1 amide bonds. The third kappa shape index (κ3) is 3.34. The summed E-state index contributed by atoms with van der Waals surface area (Å²) in [7, 11) is 0. The Bertz CT molecular complexity index is 652. The van der Waals surface area contributed by atoms with Crippen molar-refractivity contribution in [3.05, 3.63) is 17.5 Å². The van der Waals surface area contributed by atoms with Crippen LogP contribution in [0.5, 0.6) is 0 Å². The van der Waals surface area contributed by atoms with E-state index in [1.54, 1.807) is 0 Å². The third-order valence-electron chi connectivity index (χ3n) is 5.99. The van der Waals surface area contributed by atoms with E-state index >= 15 is 0 Å². The first-order valence-electron chi connectivity index (χ1n) is 9.72. The van der Waals surface area contributed by atoms with Gasteiger partial charge < -0.3 is 18.9 Å². The van der Waals surface area contributed by atoms with Gasteiger partial charge in [-0.2, -0.15) is 0 Å². The van der Waals surface area contributed by atoms with E-state index in [4.69, 9.17) is 14.0 Å². The van der Waals surface area contributed by atoms with Crippen molar-refractivity contribution >= 4 is 5.91 Å². The third-order valence-corrected chi connectivity index (χ3v) is 5.99. The molecule has 4 fully saturated rings. The summed E-state index contributed by atoms with van der Waals surface area (Å²) in [6, 6.07) is 1.83. The Balaban J connectivity index is 1.21. The van der Waals surface area contributed by atoms with Crippen LogP contribution in [0.3, 0.4) is 0 Å². The van der Waals surface area contributed by atoms with Gasteiger partial charge in [-0.05, 0) is 44.4 Å². The predicted molar refractivity (Wildman–Crippen MR) is 89.4 cm³/mol. The van der Waals surface area contributed by atoms with Crippen LogP contribution in [0.4, 0.5) is 0 Å². The summed E-state index contributed by atoms with van der Waals surface area (Å²) in [6.45, 7) is 2.93. The number of rotatable bonds is 5. The topological polar surface area (TPSA) is 64.8 Å². The minimum absolute atomic E-state index is 0.0272. The first-order valence-corrected chi connectivity index (χ1v) is 9.72. The number of likely N-dealkylation sites (tertiary alicyclic amines) is 1. The van der Waals surface area contributed by atoms with Crippen LogP contribution < -0.4 is 0 Å². The van der Waals surface area contributed by atoms with E-state index in [1.165, 1.54) is 12.8 Å². The first-order chi connectivity index (χ1) is 12.2. The fourth-order valence-corrected chi connectivity index (χ4v) is 4.13. The molecule has 0 N–H and O–H groups in total. The highest BCUT2D eigenvalue weighted by Gasteiger charge is 2.45. The number of carbonyl (C=O) groups excluding carboxylic acids is 1. The van der Waals surface area contributed by atoms with Gasteiger partial charge in [0.25, 0.3) is 5.91 Å². The maximum absolute atomic E-state index is 12.8. The van der Waals surface area contributed by atoms with Crippen LogP contribution in [0, 0.1) is 5.92 Å². The van der Waals surface area contributed by atoms with Gasteiger partial charge in [0.1, 0.15) is 5.76 Å². The second kappa shape index (κ2) is 6.09. The number of carbonyl (C=O) groups is 1. The fraction of sp³-hybridized carbons (Fsp3) is 0.789. The molecule has 2 aliphatic carbocycles. The first kappa shape index (κ1) is 15.8. The molecule has 0 aromatic carbocycles. The average molecular weight is 346 g/mol. The molecule has 0 unspecified atom stereocenters. The molecule has 1 aromatic heterocycles. The fourth-order valence-electron chi connectivity index (χ4n) is 4.13. The lowest BCUT2D eigenvalue weighted by atomic mass is 9.89. The zero-order valence-electron chi connectivity index (χ0n) is 14.6. The standard InChI is InChI=1S/C19H26N2O4/c22-18(16-8-17(25-20-16)14-4-5-14)21-7-1-6-19(12-21)9-15(11-24-19)23-10-13-2-3-13/h8,13-15H,1-7,9-12H2/t15-,19-/m1/s1. The number of hydrogen-bond acceptors (Lipinski definition) is 5. The van der Waals surface area contributed by atoms with Gasteiger partial charge in [0.05, 0.1) is 24.9 Å². The second-order valence-corrected chi connectivity index (χ2v) is 8.32. The molecule has 0 bridgehead atoms. The van der Waals surface area contributed by atoms with Gasteiger partial charge in [0.2, 0.25) is 0 Å². The van der Waals surface area contributed by atoms with Crippen molar-refractivity contribution in [3.63, 3.8) is 0 Å². The Kier molecular flexibility index (Phi) is 3.86. The van der Waals surface area contributed by atoms with Gasteiger partial charge in [0.15, 0.2) is 5.69 Å². The van der Waals surface area contributed by atoms with E-state index in [2.05, 4.69) is 5.16 Å². The molecule has 25 heavy (non-hydrogen) atoms. The molecule has 2 aliphatic heterocycles. The van der Waals surface area contributed by atoms with Gasteiger partial charge in [-0.3, -0.25) is 4.79 Å². The molecule has 1 spiro atoms. The summed E-state index contributed by atoms with van der Waals surface area (Å²) < 4.78 is 17.5. The molecular weight excluding hydrogens is 320 g/mol. The predicted octanol–water partition coefficient (Wildman–Crippen LogP) is 2.74. The van der Waals surface area contributed by atoms with Gasteiger partial charge in [-0.1, -0.05) is 5.16 Å². The monoisotopic (exact) mass is 346 g/mol. The van der Waals surface area contributed by atoms with E-state index in [-0.39, 0.29) is 17.6 Å². The summed E-state index contributed by atoms with van der Waals surface area (Å²) in [5.41, 5.74) is 0.212. The normalized spacial score (nSPS) is 32.5. The zero-order chi connectivity index (χ0) is 16.9. The van der Waals surface area contributed by atoms with Crippen molar-refractivity contribution in [1.29, 1.82) is 0 Å². The highest BCUT2D eigenvalue weighted by atomic mass is 16.6. The SMILES string of the molecule is O=C(c1cc(C2CC2)on1)N1CCC[C@@]2(C[C@@H](OCC3CC3)CO2)C1. The minimum Gasteiger partial charge on any atom is -0.375 e. The number of aromatic nitrogens is 1. The van der Waals surface area contributed by atoms with Gasteiger partial charge in [0, 0.05) is 31.6 Å². The summed E-state index contributed by atoms with van der Waals surface area (Å²) in [5, 5.41) is 4.01. The van der Waals surface area contributed by atoms with E-state index in [1.807, 2.05) is 11.0 Å². The van der Waals surface area contributed by atoms with Crippen LogP contribution in [-0.2, 0) is 9.47 Å². The highest BCUT2D eigenvalue weighted by molar-refractivity contribution is 5.92. The van der Waals surface area contributed by atoms with Crippen LogP contribution in [0.2, 0.25) is 0 Å². The lowest BCUT2D eigenvalue weighted by molar-refractivity contribution is -0.0466. The number of ether oxygens (including phenoxy) is 2. The Morgan fingerprint density at radius 2 is 2.24 bits per heavy atom. The zero-order valence-corrected chi connectivity index (χ0v) is 14.6. The molecule has 2 saturated heterocycles. The van der Waals surface area contributed by atoms with E-state index in [0.29, 0.717) is 24.8 Å². The van der Waals surface area contributed by atoms with Gasteiger partial charge >= 0.3 is 0 Å². The summed E-state index contributed by atoms with van der Waals surface area (Å²) in [5.74, 6) is 2.08. The van der Waals surface area contributed by atoms with Crippen LogP contribution in [-0.4, -0.2) is 54.0 Å². The molecule has 0 radical (unpaired) electrons. The Morgan fingerprint density at radius 3 is 3.04 bits per heavy atom. The summed E-state index contributed by atoms with van der Waals surface area (Å²) in [6.07, 6.45) is 7.96. The van der Waals surface area contributed by atoms with Gasteiger partial charge in [-0.25, -0.2) is 0 Å². The second-order valence-electron chi connectivity index (χ2n) is 8.32. The largest absolute Gasteiger partial charge is 0.375 e. The molecule has 3 heterocycles. The highest BCUT2D eigenvalue weighted by Crippen LogP contribution is 2.41. The molecule has 5 rings (SSSR count). The Labute approximate surface area is 147 Å². The molecule has 6 heteroatoms. The summed E-state index contributed by atoms with van der Waals surface area (Å²) >= 11 is 0. The van der Waals surface area contributed by atoms with Crippen LogP contribution in [0.15, 0.2) is 10.6 Å². The van der Waals surface area contributed by atoms with Crippen molar-refractivity contribution in [3.8, 4) is 0 Å². The number of amides is 1. The smallest absolute Gasteiger partial charge is 0.276 e. The Morgan fingerprint density at radius 1 is 1.36 bits per heavy atom. The van der Waals surface area contributed by atoms with Crippen molar-refractivity contribution in [1.82, 2.24) is 10.1 Å². The minimum atomic E-state index is -0.231. The molecule has 2 saturated carbocycles. The quantitative estimate of drug-likeness (QED) is 0.820. The maximum Gasteiger partial charge on any atom is 0.276 e. The van der Waals surface area contributed by atoms with Crippen LogP contribution in [0.1, 0.15) is 67.1 Å². The summed E-state index contributed by atoms with van der Waals surface area (Å²) in [4.78, 5) is 14.7. The molecule has 2 atom stereocenters. The van der Waals surface area contributed by atoms with Crippen molar-refractivity contribution in [2.45, 2.75) is 62.6 Å². The molecule has 136 valence electrons. The lowest BCUT2D eigenvalue weighted by Gasteiger charge is -2.39. The molecule has 6 nitrogen and oxygen atoms in total. The van der Waals surface area contributed by atoms with E-state index in [9.17, 15) is 4.79 Å². The average Bonchev–Trinajstić information content (AvgIpc) is 3.56. The number of hydrogen-bond donors (Lipinski definition) is 0. The van der Waals surface area contributed by atoms with Crippen LogP contribution >= 0.6 is 0 Å². The van der Waals surface area contributed by atoms with E-state index in [0.717, 1.165) is 56.9 Å². The van der Waals surface area contributed by atoms with Crippen LogP contribution in [0.25, 0.3) is 0 Å². The van der Waals surface area contributed by atoms with E-state index < -0.39 is 0 Å². The molecule has 1 aromatic rings. The number of piperidine rings is 1. The lowest BCUT2D eigenvalue weighted by Crippen LogP contribution is -2.50. The maximum atomic E-state index is 12.8. The van der Waals surface area contributed by atoms with Gasteiger partial charge in [-0.15, -0.1) is 0 Å². The Hall–Kier alpha value is -1.40.